The average Bonchev–Trinajstić information content (AvgIpc) is 2.61. The van der Waals surface area contributed by atoms with Crippen LogP contribution in [0.2, 0.25) is 0 Å². The monoisotopic (exact) mass is 434 g/mol. The molecule has 12 nitrogen and oxygen atoms in total. The van der Waals surface area contributed by atoms with Gasteiger partial charge in [-0.15, -0.1) is 0 Å². The number of hydrogen-bond donors (Lipinski definition) is 8. The van der Waals surface area contributed by atoms with Crippen LogP contribution in [-0.4, -0.2) is 50.0 Å². The number of carbonyl (C=O) groups is 2. The van der Waals surface area contributed by atoms with Crippen LogP contribution in [0.1, 0.15) is 31.7 Å². The SMILES string of the molecule is CC(Cc1ccc(OP(=O)(O)O)c(O)c1)(NNC(=O)[C@@H](N)CCCCN)C(=O)O. The van der Waals surface area contributed by atoms with Crippen molar-refractivity contribution in [2.75, 3.05) is 6.54 Å². The Morgan fingerprint density at radius 2 is 1.97 bits per heavy atom. The van der Waals surface area contributed by atoms with Crippen molar-refractivity contribution in [2.45, 2.75) is 44.2 Å². The summed E-state index contributed by atoms with van der Waals surface area (Å²) in [6, 6.07) is 2.69. The van der Waals surface area contributed by atoms with Crippen LogP contribution in [0.5, 0.6) is 11.5 Å². The second kappa shape index (κ2) is 10.5. The fourth-order valence-electron chi connectivity index (χ4n) is 2.39. The van der Waals surface area contributed by atoms with Crippen LogP contribution in [0, 0.1) is 0 Å². The molecule has 0 heterocycles. The number of hydrazine groups is 1. The minimum absolute atomic E-state index is 0.186. The van der Waals surface area contributed by atoms with E-state index in [1.54, 1.807) is 0 Å². The second-order valence-electron chi connectivity index (χ2n) is 6.70. The van der Waals surface area contributed by atoms with Gasteiger partial charge in [-0.05, 0) is 44.0 Å². The summed E-state index contributed by atoms with van der Waals surface area (Å²) in [5, 5.41) is 19.4. The molecule has 0 aliphatic heterocycles. The van der Waals surface area contributed by atoms with Gasteiger partial charge in [-0.2, -0.15) is 0 Å². The van der Waals surface area contributed by atoms with Gasteiger partial charge in [-0.1, -0.05) is 12.5 Å². The standard InChI is InChI=1S/C16H27N4O8P/c1-16(15(23)24,20-19-14(22)11(18)4-2-3-7-17)9-10-5-6-13(12(21)8-10)28-29(25,26)27/h5-6,8,11,20-21H,2-4,7,9,17-18H2,1H3,(H,19,22)(H,23,24)(H2,25,26,27)/t11-,16?/m0/s1. The third-order valence-corrected chi connectivity index (χ3v) is 4.47. The number of hydrogen-bond acceptors (Lipinski definition) is 8. The zero-order valence-corrected chi connectivity index (χ0v) is 16.8. The first-order chi connectivity index (χ1) is 13.4. The lowest BCUT2D eigenvalue weighted by molar-refractivity contribution is -0.145. The molecule has 1 amide bonds. The lowest BCUT2D eigenvalue weighted by atomic mass is 9.93. The van der Waals surface area contributed by atoms with Crippen molar-refractivity contribution in [3.05, 3.63) is 23.8 Å². The number of phenolic OH excluding ortho intramolecular Hbond substituents is 1. The highest BCUT2D eigenvalue weighted by molar-refractivity contribution is 7.46. The number of carboxylic acid groups (broad SMARTS) is 1. The normalized spacial score (nSPS) is 14.7. The topological polar surface area (TPSA) is 217 Å². The Labute approximate surface area is 167 Å². The van der Waals surface area contributed by atoms with Crippen molar-refractivity contribution in [3.63, 3.8) is 0 Å². The van der Waals surface area contributed by atoms with Crippen molar-refractivity contribution < 1.29 is 38.7 Å². The van der Waals surface area contributed by atoms with Crippen LogP contribution >= 0.6 is 7.82 Å². The van der Waals surface area contributed by atoms with E-state index in [1.165, 1.54) is 13.0 Å². The largest absolute Gasteiger partial charge is 0.524 e. The number of aliphatic carboxylic acids is 1. The van der Waals surface area contributed by atoms with E-state index >= 15 is 0 Å². The third-order valence-electron chi connectivity index (χ3n) is 4.04. The number of benzene rings is 1. The molecule has 10 N–H and O–H groups in total. The number of amides is 1. The predicted octanol–water partition coefficient (Wildman–Crippen LogP) is -0.673. The minimum atomic E-state index is -4.86. The van der Waals surface area contributed by atoms with E-state index in [0.717, 1.165) is 12.1 Å². The fraction of sp³-hybridized carbons (Fsp3) is 0.500. The zero-order chi connectivity index (χ0) is 22.2. The lowest BCUT2D eigenvalue weighted by Gasteiger charge is -2.27. The Morgan fingerprint density at radius 3 is 2.48 bits per heavy atom. The second-order valence-corrected chi connectivity index (χ2v) is 7.87. The van der Waals surface area contributed by atoms with Crippen LogP contribution < -0.4 is 26.8 Å². The molecule has 0 aliphatic rings. The Morgan fingerprint density at radius 1 is 1.31 bits per heavy atom. The first-order valence-electron chi connectivity index (χ1n) is 8.71. The van der Waals surface area contributed by atoms with Gasteiger partial charge in [-0.3, -0.25) is 24.8 Å². The van der Waals surface area contributed by atoms with Gasteiger partial charge < -0.3 is 26.2 Å². The summed E-state index contributed by atoms with van der Waals surface area (Å²) in [7, 11) is -4.86. The smallest absolute Gasteiger partial charge is 0.504 e. The summed E-state index contributed by atoms with van der Waals surface area (Å²) in [6.07, 6.45) is 1.58. The molecule has 1 unspecified atom stereocenters. The fourth-order valence-corrected chi connectivity index (χ4v) is 2.80. The lowest BCUT2D eigenvalue weighted by Crippen LogP contribution is -2.60. The van der Waals surface area contributed by atoms with E-state index < -0.39 is 42.8 Å². The number of phosphoric acid groups is 1. The summed E-state index contributed by atoms with van der Waals surface area (Å²) >= 11 is 0. The molecule has 0 aromatic heterocycles. The molecule has 0 aliphatic carbocycles. The van der Waals surface area contributed by atoms with E-state index in [1.807, 2.05) is 0 Å². The van der Waals surface area contributed by atoms with E-state index in [-0.39, 0.29) is 6.42 Å². The minimum Gasteiger partial charge on any atom is -0.504 e. The summed E-state index contributed by atoms with van der Waals surface area (Å²) in [6.45, 7) is 1.79. The molecule has 0 saturated heterocycles. The predicted molar refractivity (Wildman–Crippen MR) is 103 cm³/mol. The molecule has 1 rings (SSSR count). The molecule has 0 saturated carbocycles. The van der Waals surface area contributed by atoms with E-state index in [2.05, 4.69) is 15.4 Å². The first kappa shape index (κ1) is 24.8. The molecule has 164 valence electrons. The van der Waals surface area contributed by atoms with Crippen molar-refractivity contribution >= 4 is 19.7 Å². The van der Waals surface area contributed by atoms with Gasteiger partial charge >= 0.3 is 13.8 Å². The summed E-state index contributed by atoms with van der Waals surface area (Å²) in [4.78, 5) is 41.3. The van der Waals surface area contributed by atoms with Crippen molar-refractivity contribution in [3.8, 4) is 11.5 Å². The van der Waals surface area contributed by atoms with Gasteiger partial charge in [0.1, 0.15) is 5.54 Å². The van der Waals surface area contributed by atoms with Crippen LogP contribution in [0.15, 0.2) is 18.2 Å². The number of aromatic hydroxyl groups is 1. The molecular weight excluding hydrogens is 407 g/mol. The van der Waals surface area contributed by atoms with E-state index in [0.29, 0.717) is 31.4 Å². The quantitative estimate of drug-likeness (QED) is 0.117. The summed E-state index contributed by atoms with van der Waals surface area (Å²) in [5.41, 5.74) is 14.5. The van der Waals surface area contributed by atoms with Crippen LogP contribution in [0.25, 0.3) is 0 Å². The number of carbonyl (C=O) groups excluding carboxylic acids is 1. The van der Waals surface area contributed by atoms with E-state index in [9.17, 15) is 24.4 Å². The Kier molecular flexibility index (Phi) is 9.02. The van der Waals surface area contributed by atoms with Gasteiger partial charge in [0.2, 0.25) is 0 Å². The maximum absolute atomic E-state index is 12.0. The molecule has 0 spiro atoms. The number of unbranched alkanes of at least 4 members (excludes halogenated alkanes) is 1. The average molecular weight is 434 g/mol. The summed E-state index contributed by atoms with van der Waals surface area (Å²) in [5.74, 6) is -2.90. The zero-order valence-electron chi connectivity index (χ0n) is 15.9. The molecular formula is C16H27N4O8P. The van der Waals surface area contributed by atoms with Gasteiger partial charge in [0.25, 0.3) is 5.91 Å². The molecule has 0 fully saturated rings. The van der Waals surface area contributed by atoms with Gasteiger partial charge in [0.05, 0.1) is 6.04 Å². The highest BCUT2D eigenvalue weighted by Gasteiger charge is 2.34. The van der Waals surface area contributed by atoms with Gasteiger partial charge in [0, 0.05) is 6.42 Å². The molecule has 1 aromatic carbocycles. The number of rotatable bonds is 12. The van der Waals surface area contributed by atoms with Crippen molar-refractivity contribution in [2.24, 2.45) is 11.5 Å². The molecule has 0 radical (unpaired) electrons. The Hall–Kier alpha value is -2.21. The first-order valence-corrected chi connectivity index (χ1v) is 10.2. The summed E-state index contributed by atoms with van der Waals surface area (Å²) < 4.78 is 15.2. The highest BCUT2D eigenvalue weighted by atomic mass is 31.2. The Bertz CT molecular complexity index is 771. The molecule has 29 heavy (non-hydrogen) atoms. The van der Waals surface area contributed by atoms with Crippen LogP contribution in [-0.2, 0) is 20.6 Å². The molecule has 1 aromatic rings. The van der Waals surface area contributed by atoms with Crippen molar-refractivity contribution in [1.82, 2.24) is 10.9 Å². The van der Waals surface area contributed by atoms with Crippen molar-refractivity contribution in [1.29, 1.82) is 0 Å². The third kappa shape index (κ3) is 8.36. The number of carboxylic acids is 1. The molecule has 13 heteroatoms. The maximum Gasteiger partial charge on any atom is 0.524 e. The molecule has 0 bridgehead atoms. The maximum atomic E-state index is 12.0. The van der Waals surface area contributed by atoms with Crippen LogP contribution in [0.4, 0.5) is 0 Å². The number of phosphoric ester groups is 1. The number of phenols is 1. The molecule has 2 atom stereocenters. The van der Waals surface area contributed by atoms with Gasteiger partial charge in [0.15, 0.2) is 11.5 Å². The Balaban J connectivity index is 2.81. The van der Waals surface area contributed by atoms with E-state index in [4.69, 9.17) is 21.3 Å². The van der Waals surface area contributed by atoms with Crippen LogP contribution in [0.3, 0.4) is 0 Å². The number of nitrogens with one attached hydrogen (secondary N) is 2. The number of nitrogens with two attached hydrogens (primary N) is 2. The highest BCUT2D eigenvalue weighted by Crippen LogP contribution is 2.41. The van der Waals surface area contributed by atoms with Gasteiger partial charge in [-0.25, -0.2) is 9.99 Å².